The van der Waals surface area contributed by atoms with Crippen LogP contribution in [-0.4, -0.2) is 44.7 Å². The number of esters is 1. The van der Waals surface area contributed by atoms with E-state index in [0.717, 1.165) is 0 Å². The summed E-state index contributed by atoms with van der Waals surface area (Å²) in [7, 11) is 0. The molecule has 2 aromatic rings. The largest absolute Gasteiger partial charge is 0.463 e. The van der Waals surface area contributed by atoms with Crippen molar-refractivity contribution in [1.29, 1.82) is 0 Å². The molecule has 1 N–H and O–H groups in total. The summed E-state index contributed by atoms with van der Waals surface area (Å²) in [4.78, 5) is 23.4. The normalized spacial score (nSPS) is 10.5. The van der Waals surface area contributed by atoms with Gasteiger partial charge in [0.1, 0.15) is 6.33 Å². The number of amides is 1. The number of benzene rings is 1. The van der Waals surface area contributed by atoms with Gasteiger partial charge in [0.2, 0.25) is 0 Å². The van der Waals surface area contributed by atoms with E-state index in [-0.39, 0.29) is 30.9 Å². The molecule has 0 unspecified atom stereocenters. The minimum absolute atomic E-state index is 0.136. The number of rotatable bonds is 6. The molecule has 8 heteroatoms. The summed E-state index contributed by atoms with van der Waals surface area (Å²) in [5, 5.41) is 13.5. The standard InChI is InChI=1S/C14H17N5O3/c1-10(2)22-13(20)6-7-15-14(21)11-4-3-5-12(8-11)19-9-16-17-18-19/h3-5,8-10H,6-7H2,1-2H3,(H,15,21). The summed E-state index contributed by atoms with van der Waals surface area (Å²) < 4.78 is 6.45. The molecule has 0 saturated carbocycles. The molecule has 0 bridgehead atoms. The van der Waals surface area contributed by atoms with Gasteiger partial charge in [-0.25, -0.2) is 4.68 Å². The molecule has 0 fully saturated rings. The predicted molar refractivity (Wildman–Crippen MR) is 77.3 cm³/mol. The van der Waals surface area contributed by atoms with Crippen LogP contribution in [0, 0.1) is 0 Å². The van der Waals surface area contributed by atoms with Gasteiger partial charge in [0, 0.05) is 12.1 Å². The molecule has 0 aliphatic heterocycles. The van der Waals surface area contributed by atoms with Crippen LogP contribution in [0.4, 0.5) is 0 Å². The van der Waals surface area contributed by atoms with Crippen LogP contribution in [0.25, 0.3) is 5.69 Å². The smallest absolute Gasteiger partial charge is 0.307 e. The van der Waals surface area contributed by atoms with Crippen molar-refractivity contribution < 1.29 is 14.3 Å². The fourth-order valence-corrected chi connectivity index (χ4v) is 1.77. The van der Waals surface area contributed by atoms with Gasteiger partial charge < -0.3 is 10.1 Å². The Hall–Kier alpha value is -2.77. The number of tetrazole rings is 1. The van der Waals surface area contributed by atoms with E-state index >= 15 is 0 Å². The Morgan fingerprint density at radius 3 is 2.86 bits per heavy atom. The maximum Gasteiger partial charge on any atom is 0.307 e. The Kier molecular flexibility index (Phi) is 5.18. The van der Waals surface area contributed by atoms with Crippen LogP contribution in [0.3, 0.4) is 0 Å². The van der Waals surface area contributed by atoms with Crippen molar-refractivity contribution in [3.63, 3.8) is 0 Å². The molecule has 1 aromatic heterocycles. The molecule has 0 atom stereocenters. The van der Waals surface area contributed by atoms with Crippen molar-refractivity contribution >= 4 is 11.9 Å². The lowest BCUT2D eigenvalue weighted by Crippen LogP contribution is -2.27. The molecule has 0 saturated heterocycles. The van der Waals surface area contributed by atoms with Crippen molar-refractivity contribution in [2.45, 2.75) is 26.4 Å². The van der Waals surface area contributed by atoms with Crippen LogP contribution in [0.2, 0.25) is 0 Å². The first-order valence-corrected chi connectivity index (χ1v) is 6.87. The average Bonchev–Trinajstić information content (AvgIpc) is 3.00. The molecule has 8 nitrogen and oxygen atoms in total. The maximum atomic E-state index is 12.0. The Bertz CT molecular complexity index is 640. The van der Waals surface area contributed by atoms with Gasteiger partial charge in [-0.1, -0.05) is 6.07 Å². The van der Waals surface area contributed by atoms with E-state index in [1.54, 1.807) is 38.1 Å². The third-order valence-electron chi connectivity index (χ3n) is 2.70. The van der Waals surface area contributed by atoms with Gasteiger partial charge in [0.05, 0.1) is 18.2 Å². The third-order valence-corrected chi connectivity index (χ3v) is 2.70. The molecule has 2 rings (SSSR count). The van der Waals surface area contributed by atoms with Crippen molar-refractivity contribution in [3.8, 4) is 5.69 Å². The SMILES string of the molecule is CC(C)OC(=O)CCNC(=O)c1cccc(-n2cnnn2)c1. The highest BCUT2D eigenvalue weighted by Crippen LogP contribution is 2.08. The van der Waals surface area contributed by atoms with E-state index < -0.39 is 0 Å². The molecule has 22 heavy (non-hydrogen) atoms. The lowest BCUT2D eigenvalue weighted by atomic mass is 10.2. The summed E-state index contributed by atoms with van der Waals surface area (Å²) in [6.07, 6.45) is 1.42. The molecule has 1 heterocycles. The second-order valence-electron chi connectivity index (χ2n) is 4.85. The molecule has 116 valence electrons. The first-order valence-electron chi connectivity index (χ1n) is 6.87. The molecule has 1 aromatic carbocycles. The molecule has 0 spiro atoms. The summed E-state index contributed by atoms with van der Waals surface area (Å²) in [6, 6.07) is 6.86. The second kappa shape index (κ2) is 7.30. The molecule has 0 radical (unpaired) electrons. The number of nitrogens with zero attached hydrogens (tertiary/aromatic N) is 4. The summed E-state index contributed by atoms with van der Waals surface area (Å²) in [5.74, 6) is -0.606. The van der Waals surface area contributed by atoms with Crippen LogP contribution in [0.5, 0.6) is 0 Å². The predicted octanol–water partition coefficient (Wildman–Crippen LogP) is 0.734. The van der Waals surface area contributed by atoms with E-state index in [2.05, 4.69) is 20.8 Å². The highest BCUT2D eigenvalue weighted by Gasteiger charge is 2.09. The summed E-state index contributed by atoms with van der Waals surface area (Å²) in [5.41, 5.74) is 1.14. The van der Waals surface area contributed by atoms with Gasteiger partial charge in [-0.15, -0.1) is 5.10 Å². The molecular formula is C14H17N5O3. The highest BCUT2D eigenvalue weighted by molar-refractivity contribution is 5.94. The highest BCUT2D eigenvalue weighted by atomic mass is 16.5. The monoisotopic (exact) mass is 303 g/mol. The summed E-state index contributed by atoms with van der Waals surface area (Å²) in [6.45, 7) is 3.78. The fourth-order valence-electron chi connectivity index (χ4n) is 1.77. The van der Waals surface area contributed by atoms with Gasteiger partial charge in [0.25, 0.3) is 5.91 Å². The zero-order valence-corrected chi connectivity index (χ0v) is 12.4. The minimum Gasteiger partial charge on any atom is -0.463 e. The van der Waals surface area contributed by atoms with Crippen LogP contribution in [-0.2, 0) is 9.53 Å². The van der Waals surface area contributed by atoms with Gasteiger partial charge in [-0.3, -0.25) is 9.59 Å². The molecule has 0 aliphatic rings. The Morgan fingerprint density at radius 1 is 1.36 bits per heavy atom. The average molecular weight is 303 g/mol. The maximum absolute atomic E-state index is 12.0. The van der Waals surface area contributed by atoms with E-state index in [9.17, 15) is 9.59 Å². The molecule has 1 amide bonds. The minimum atomic E-state index is -0.335. The van der Waals surface area contributed by atoms with Crippen molar-refractivity contribution in [2.75, 3.05) is 6.54 Å². The van der Waals surface area contributed by atoms with E-state index in [1.807, 2.05) is 0 Å². The number of carbonyl (C=O) groups is 2. The lowest BCUT2D eigenvalue weighted by molar-refractivity contribution is -0.147. The van der Waals surface area contributed by atoms with Crippen LogP contribution >= 0.6 is 0 Å². The van der Waals surface area contributed by atoms with Gasteiger partial charge in [-0.2, -0.15) is 0 Å². The number of nitrogens with one attached hydrogen (secondary N) is 1. The van der Waals surface area contributed by atoms with Gasteiger partial charge >= 0.3 is 5.97 Å². The number of aromatic nitrogens is 4. The van der Waals surface area contributed by atoms with Gasteiger partial charge in [0.15, 0.2) is 0 Å². The second-order valence-corrected chi connectivity index (χ2v) is 4.85. The van der Waals surface area contributed by atoms with Crippen molar-refractivity contribution in [3.05, 3.63) is 36.2 Å². The zero-order chi connectivity index (χ0) is 15.9. The van der Waals surface area contributed by atoms with Crippen molar-refractivity contribution in [2.24, 2.45) is 0 Å². The third kappa shape index (κ3) is 4.37. The molecular weight excluding hydrogens is 286 g/mol. The summed E-state index contributed by atoms with van der Waals surface area (Å²) >= 11 is 0. The first kappa shape index (κ1) is 15.6. The number of hydrogen-bond donors (Lipinski definition) is 1. The Labute approximate surface area is 127 Å². The topological polar surface area (TPSA) is 99.0 Å². The van der Waals surface area contributed by atoms with Crippen molar-refractivity contribution in [1.82, 2.24) is 25.5 Å². The Balaban J connectivity index is 1.90. The fraction of sp³-hybridized carbons (Fsp3) is 0.357. The molecule has 0 aliphatic carbocycles. The number of ether oxygens (including phenoxy) is 1. The van der Waals surface area contributed by atoms with E-state index in [1.165, 1.54) is 11.0 Å². The number of hydrogen-bond acceptors (Lipinski definition) is 6. The van der Waals surface area contributed by atoms with Crippen LogP contribution < -0.4 is 5.32 Å². The zero-order valence-electron chi connectivity index (χ0n) is 12.4. The van der Waals surface area contributed by atoms with E-state index in [0.29, 0.717) is 11.3 Å². The van der Waals surface area contributed by atoms with Crippen LogP contribution in [0.15, 0.2) is 30.6 Å². The van der Waals surface area contributed by atoms with E-state index in [4.69, 9.17) is 4.74 Å². The number of carbonyl (C=O) groups excluding carboxylic acids is 2. The van der Waals surface area contributed by atoms with Crippen LogP contribution in [0.1, 0.15) is 30.6 Å². The quantitative estimate of drug-likeness (QED) is 0.790. The lowest BCUT2D eigenvalue weighted by Gasteiger charge is -2.09. The Morgan fingerprint density at radius 2 is 2.18 bits per heavy atom. The van der Waals surface area contributed by atoms with Gasteiger partial charge in [-0.05, 0) is 42.5 Å². The first-order chi connectivity index (χ1) is 10.6.